The van der Waals surface area contributed by atoms with E-state index in [1.165, 1.54) is 22.3 Å². The molecule has 0 spiro atoms. The van der Waals surface area contributed by atoms with Crippen LogP contribution in [-0.2, 0) is 22.8 Å². The standard InChI is InChI=1S/C40H42ClF3N8O5/c1-49-36-30(52(39(49)56)31-12-13-34(53)47-38(31)55)11-10-26(35(36)41)23-14-16-50(17-15-23)20-22-6-8-25(9-7-22)51-21-24-18-29(32(57-2)19-28(24)48-51)46-37(54)27-4-3-5-33(45-27)40(42,43)44/h3-5,10-11,18-19,21-23,25,31H,6-9,12-17,20H2,1-2H3,(H,46,54)(H,47,53,55). The number of imide groups is 1. The number of fused-ring (bicyclic) bond motifs is 2. The van der Waals surface area contributed by atoms with E-state index >= 15 is 0 Å². The van der Waals surface area contributed by atoms with Gasteiger partial charge in [-0.25, -0.2) is 9.78 Å². The summed E-state index contributed by atoms with van der Waals surface area (Å²) in [6, 6.07) is 9.91. The third-order valence-electron chi connectivity index (χ3n) is 11.8. The number of piperidine rings is 2. The van der Waals surface area contributed by atoms with Crippen LogP contribution in [-0.4, -0.2) is 73.3 Å². The number of anilines is 1. The molecule has 2 aliphatic heterocycles. The van der Waals surface area contributed by atoms with Crippen molar-refractivity contribution in [2.45, 2.75) is 75.5 Å². The minimum absolute atomic E-state index is 0.173. The third-order valence-corrected chi connectivity index (χ3v) is 12.2. The summed E-state index contributed by atoms with van der Waals surface area (Å²) < 4.78 is 49.9. The zero-order chi connectivity index (χ0) is 40.2. The summed E-state index contributed by atoms with van der Waals surface area (Å²) in [7, 11) is 3.11. The summed E-state index contributed by atoms with van der Waals surface area (Å²) in [5.74, 6) is -0.475. The number of aromatic nitrogens is 5. The number of methoxy groups -OCH3 is 1. The molecule has 2 saturated heterocycles. The number of carbonyl (C=O) groups is 3. The summed E-state index contributed by atoms with van der Waals surface area (Å²) >= 11 is 7.02. The molecule has 2 N–H and O–H groups in total. The molecule has 57 heavy (non-hydrogen) atoms. The Morgan fingerprint density at radius 1 is 1.02 bits per heavy atom. The lowest BCUT2D eigenvalue weighted by atomic mass is 9.84. The van der Waals surface area contributed by atoms with Gasteiger partial charge in [-0.1, -0.05) is 23.7 Å². The van der Waals surface area contributed by atoms with Crippen molar-refractivity contribution in [1.82, 2.24) is 34.1 Å². The molecular formula is C40H42ClF3N8O5. The van der Waals surface area contributed by atoms with Crippen LogP contribution in [0.1, 0.15) is 91.1 Å². The molecule has 2 aromatic carbocycles. The lowest BCUT2D eigenvalue weighted by Gasteiger charge is -2.37. The molecule has 17 heteroatoms. The molecule has 3 aliphatic rings. The van der Waals surface area contributed by atoms with Gasteiger partial charge in [-0.2, -0.15) is 18.3 Å². The van der Waals surface area contributed by atoms with Gasteiger partial charge < -0.3 is 15.0 Å². The van der Waals surface area contributed by atoms with Gasteiger partial charge in [-0.05, 0) is 99.7 Å². The number of aryl methyl sites for hydroxylation is 1. The second kappa shape index (κ2) is 15.3. The van der Waals surface area contributed by atoms with E-state index in [1.54, 1.807) is 19.2 Å². The molecule has 0 radical (unpaired) electrons. The first-order valence-corrected chi connectivity index (χ1v) is 19.5. The highest BCUT2D eigenvalue weighted by atomic mass is 35.5. The predicted molar refractivity (Wildman–Crippen MR) is 206 cm³/mol. The highest BCUT2D eigenvalue weighted by Crippen LogP contribution is 2.40. The number of alkyl halides is 3. The van der Waals surface area contributed by atoms with Gasteiger partial charge in [0.25, 0.3) is 5.91 Å². The molecular weight excluding hydrogens is 765 g/mol. The van der Waals surface area contributed by atoms with Crippen LogP contribution in [0.15, 0.2) is 53.5 Å². The lowest BCUT2D eigenvalue weighted by Crippen LogP contribution is -2.44. The summed E-state index contributed by atoms with van der Waals surface area (Å²) in [6.45, 7) is 2.88. The molecule has 1 unspecified atom stereocenters. The molecule has 1 aliphatic carbocycles. The van der Waals surface area contributed by atoms with Crippen molar-refractivity contribution in [3.05, 3.63) is 81.1 Å². The van der Waals surface area contributed by atoms with Crippen molar-refractivity contribution in [3.8, 4) is 5.75 Å². The number of pyridine rings is 1. The van der Waals surface area contributed by atoms with Gasteiger partial charge in [0.1, 0.15) is 23.2 Å². The van der Waals surface area contributed by atoms with E-state index in [4.69, 9.17) is 21.4 Å². The minimum atomic E-state index is -4.67. The number of nitrogens with zero attached hydrogens (tertiary/aromatic N) is 6. The Morgan fingerprint density at radius 2 is 1.77 bits per heavy atom. The summed E-state index contributed by atoms with van der Waals surface area (Å²) in [5.41, 5.74) is 1.34. The Hall–Kier alpha value is -5.22. The van der Waals surface area contributed by atoms with E-state index in [0.717, 1.165) is 81.2 Å². The number of rotatable bonds is 8. The number of likely N-dealkylation sites (tertiary alicyclic amines) is 1. The zero-order valence-electron chi connectivity index (χ0n) is 31.4. The Morgan fingerprint density at radius 3 is 2.47 bits per heavy atom. The smallest absolute Gasteiger partial charge is 0.433 e. The van der Waals surface area contributed by atoms with Crippen molar-refractivity contribution in [2.75, 3.05) is 32.1 Å². The Labute approximate surface area is 330 Å². The molecule has 5 aromatic rings. The first-order chi connectivity index (χ1) is 27.3. The highest BCUT2D eigenvalue weighted by Gasteiger charge is 2.35. The molecule has 300 valence electrons. The van der Waals surface area contributed by atoms with E-state index in [0.29, 0.717) is 38.9 Å². The van der Waals surface area contributed by atoms with Crippen molar-refractivity contribution in [2.24, 2.45) is 13.0 Å². The Bertz CT molecular complexity index is 2440. The summed E-state index contributed by atoms with van der Waals surface area (Å²) in [4.78, 5) is 56.6. The number of benzene rings is 2. The van der Waals surface area contributed by atoms with E-state index in [2.05, 4.69) is 20.5 Å². The number of halogens is 4. The molecule has 1 atom stereocenters. The molecule has 3 amide bonds. The maximum absolute atomic E-state index is 13.3. The molecule has 1 saturated carbocycles. The largest absolute Gasteiger partial charge is 0.494 e. The summed E-state index contributed by atoms with van der Waals surface area (Å²) in [5, 5.41) is 11.1. The van der Waals surface area contributed by atoms with E-state index < -0.39 is 29.7 Å². The van der Waals surface area contributed by atoms with Crippen molar-refractivity contribution >= 4 is 56.9 Å². The van der Waals surface area contributed by atoms with Crippen LogP contribution in [0.3, 0.4) is 0 Å². The van der Waals surface area contributed by atoms with Gasteiger partial charge in [0.2, 0.25) is 11.8 Å². The van der Waals surface area contributed by atoms with Gasteiger partial charge in [0.05, 0.1) is 40.4 Å². The van der Waals surface area contributed by atoms with Crippen LogP contribution in [0, 0.1) is 5.92 Å². The number of hydrogen-bond acceptors (Lipinski definition) is 8. The average molecular weight is 807 g/mol. The molecule has 3 fully saturated rings. The monoisotopic (exact) mass is 806 g/mol. The van der Waals surface area contributed by atoms with Crippen LogP contribution in [0.5, 0.6) is 5.75 Å². The quantitative estimate of drug-likeness (QED) is 0.167. The van der Waals surface area contributed by atoms with Crippen LogP contribution in [0.25, 0.3) is 21.9 Å². The van der Waals surface area contributed by atoms with Gasteiger partial charge in [-0.3, -0.25) is 33.5 Å². The fourth-order valence-electron chi connectivity index (χ4n) is 8.80. The van der Waals surface area contributed by atoms with Crippen molar-refractivity contribution < 1.29 is 32.3 Å². The maximum Gasteiger partial charge on any atom is 0.433 e. The van der Waals surface area contributed by atoms with Crippen LogP contribution in [0.2, 0.25) is 5.02 Å². The first-order valence-electron chi connectivity index (χ1n) is 19.2. The van der Waals surface area contributed by atoms with E-state index in [9.17, 15) is 32.3 Å². The maximum atomic E-state index is 13.3. The lowest BCUT2D eigenvalue weighted by molar-refractivity contribution is -0.141. The van der Waals surface area contributed by atoms with Crippen LogP contribution >= 0.6 is 11.6 Å². The topological polar surface area (TPSA) is 145 Å². The number of imidazole rings is 1. The Balaban J connectivity index is 0.870. The predicted octanol–water partition coefficient (Wildman–Crippen LogP) is 6.61. The van der Waals surface area contributed by atoms with Crippen LogP contribution in [0.4, 0.5) is 18.9 Å². The van der Waals surface area contributed by atoms with Gasteiger partial charge in [0, 0.05) is 37.7 Å². The highest BCUT2D eigenvalue weighted by molar-refractivity contribution is 6.36. The zero-order valence-corrected chi connectivity index (χ0v) is 32.2. The summed E-state index contributed by atoms with van der Waals surface area (Å²) in [6.07, 6.45) is 3.60. The third kappa shape index (κ3) is 7.52. The molecule has 3 aromatic heterocycles. The van der Waals surface area contributed by atoms with E-state index in [-0.39, 0.29) is 42.1 Å². The minimum Gasteiger partial charge on any atom is -0.494 e. The Kier molecular flexibility index (Phi) is 10.4. The number of hydrogen-bond donors (Lipinski definition) is 2. The van der Waals surface area contributed by atoms with E-state index in [1.807, 2.05) is 23.0 Å². The number of nitrogens with one attached hydrogen (secondary N) is 2. The molecule has 0 bridgehead atoms. The number of ether oxygens (including phenoxy) is 1. The van der Waals surface area contributed by atoms with Gasteiger partial charge in [-0.15, -0.1) is 0 Å². The molecule has 13 nitrogen and oxygen atoms in total. The second-order valence-electron chi connectivity index (χ2n) is 15.3. The fraction of sp³-hybridized carbons (Fsp3) is 0.450. The van der Waals surface area contributed by atoms with Crippen LogP contribution < -0.4 is 21.1 Å². The molecule has 8 rings (SSSR count). The van der Waals surface area contributed by atoms with Gasteiger partial charge >= 0.3 is 11.9 Å². The SMILES string of the molecule is COc1cc2nn(C3CCC(CN4CCC(c5ccc6c(c5Cl)n(C)c(=O)n6C5CCC(=O)NC5=O)CC4)CC3)cc2cc1NC(=O)c1cccc(C(F)(F)F)n1. The molecule has 5 heterocycles. The normalized spacial score (nSPS) is 21.3. The van der Waals surface area contributed by atoms with Gasteiger partial charge in [0.15, 0.2) is 0 Å². The average Bonchev–Trinajstić information content (AvgIpc) is 3.72. The fourth-order valence-corrected chi connectivity index (χ4v) is 9.24. The first kappa shape index (κ1) is 38.6. The van der Waals surface area contributed by atoms with Crippen molar-refractivity contribution in [3.63, 3.8) is 0 Å². The number of carbonyl (C=O) groups excluding carboxylic acids is 3. The second-order valence-corrected chi connectivity index (χ2v) is 15.7. The number of amides is 3. The van der Waals surface area contributed by atoms with Crippen molar-refractivity contribution in [1.29, 1.82) is 0 Å².